The Hall–Kier alpha value is -4.80. The van der Waals surface area contributed by atoms with E-state index < -0.39 is 0 Å². The Balaban J connectivity index is 1.29. The summed E-state index contributed by atoms with van der Waals surface area (Å²) >= 11 is 0. The lowest BCUT2D eigenvalue weighted by Crippen LogP contribution is -2.03. The average molecular weight is 557 g/mol. The molecule has 1 heterocycles. The van der Waals surface area contributed by atoms with E-state index in [9.17, 15) is 0 Å². The van der Waals surface area contributed by atoms with Gasteiger partial charge in [-0.3, -0.25) is 0 Å². The topological polar surface area (TPSA) is 36.9 Å². The maximum atomic E-state index is 6.12. The van der Waals surface area contributed by atoms with Crippen LogP contribution in [0.25, 0.3) is 0 Å². The molecule has 0 radical (unpaired) electrons. The molecule has 4 heteroatoms. The standard InChI is InChI=1S/C38H36O4/c1-11-27-39-35-19-7-3-15-31(35)23-25-33-17-5-9-21-37(33)41-29-13-2-14-30-42-38-22-10-6-18-34(38)26-24-32-16-4-8-20-36(32)40-28-12-1/h3-10,15-22H,1-2,11-14,27-30H2. The minimum absolute atomic E-state index is 0.627. The van der Waals surface area contributed by atoms with Crippen molar-refractivity contribution in [1.29, 1.82) is 0 Å². The van der Waals surface area contributed by atoms with Crippen molar-refractivity contribution in [3.05, 3.63) is 119 Å². The Morgan fingerprint density at radius 2 is 0.548 bits per heavy atom. The van der Waals surface area contributed by atoms with Gasteiger partial charge in [0.25, 0.3) is 0 Å². The lowest BCUT2D eigenvalue weighted by Gasteiger charge is -2.11. The Kier molecular flexibility index (Phi) is 10.8. The Morgan fingerprint density at radius 1 is 0.310 bits per heavy atom. The molecule has 0 saturated carbocycles. The Morgan fingerprint density at radius 3 is 0.810 bits per heavy atom. The van der Waals surface area contributed by atoms with Gasteiger partial charge in [-0.15, -0.1) is 0 Å². The molecular formula is C38H36O4. The van der Waals surface area contributed by atoms with Gasteiger partial charge in [-0.2, -0.15) is 0 Å². The SMILES string of the molecule is C1#Cc2ccccc2OCCCCCOc2ccccc2C#Cc2ccccc2OCCCCCOc2ccccc21. The van der Waals surface area contributed by atoms with Gasteiger partial charge in [0.15, 0.2) is 0 Å². The van der Waals surface area contributed by atoms with Gasteiger partial charge in [0.2, 0.25) is 0 Å². The molecule has 212 valence electrons. The summed E-state index contributed by atoms with van der Waals surface area (Å²) < 4.78 is 24.5. The molecular weight excluding hydrogens is 520 g/mol. The van der Waals surface area contributed by atoms with E-state index in [-0.39, 0.29) is 0 Å². The second-order valence-corrected chi connectivity index (χ2v) is 10.00. The van der Waals surface area contributed by atoms with Crippen LogP contribution in [0.1, 0.15) is 60.8 Å². The van der Waals surface area contributed by atoms with Gasteiger partial charge >= 0.3 is 0 Å². The molecule has 0 saturated heterocycles. The fraction of sp³-hybridized carbons (Fsp3) is 0.263. The molecule has 0 atom stereocenters. The van der Waals surface area contributed by atoms with Crippen LogP contribution >= 0.6 is 0 Å². The Labute approximate surface area is 249 Å². The van der Waals surface area contributed by atoms with Crippen LogP contribution in [0.4, 0.5) is 0 Å². The third-order valence-electron chi connectivity index (χ3n) is 6.82. The van der Waals surface area contributed by atoms with Crippen molar-refractivity contribution in [2.24, 2.45) is 0 Å². The molecule has 4 aromatic rings. The number of fused-ring (bicyclic) bond motifs is 4. The molecule has 1 aliphatic rings. The molecule has 5 rings (SSSR count). The van der Waals surface area contributed by atoms with Crippen LogP contribution in [0.2, 0.25) is 0 Å². The van der Waals surface area contributed by atoms with Gasteiger partial charge in [-0.25, -0.2) is 0 Å². The molecule has 0 spiro atoms. The van der Waals surface area contributed by atoms with Crippen LogP contribution in [0.5, 0.6) is 23.0 Å². The molecule has 4 aromatic carbocycles. The molecule has 0 N–H and O–H groups in total. The highest BCUT2D eigenvalue weighted by molar-refractivity contribution is 5.54. The maximum Gasteiger partial charge on any atom is 0.134 e. The van der Waals surface area contributed by atoms with E-state index in [4.69, 9.17) is 18.9 Å². The molecule has 0 aliphatic carbocycles. The van der Waals surface area contributed by atoms with E-state index in [1.807, 2.05) is 97.1 Å². The number of hydrogen-bond donors (Lipinski definition) is 0. The zero-order valence-corrected chi connectivity index (χ0v) is 23.9. The summed E-state index contributed by atoms with van der Waals surface area (Å²) in [5.41, 5.74) is 3.49. The van der Waals surface area contributed by atoms with E-state index in [1.165, 1.54) is 0 Å². The highest BCUT2D eigenvalue weighted by atomic mass is 16.5. The molecule has 0 bridgehead atoms. The van der Waals surface area contributed by atoms with Crippen LogP contribution in [0.15, 0.2) is 97.1 Å². The number of rotatable bonds is 0. The first-order valence-corrected chi connectivity index (χ1v) is 14.8. The van der Waals surface area contributed by atoms with Gasteiger partial charge in [-0.05, 0) is 87.1 Å². The number of ether oxygens (including phenoxy) is 4. The highest BCUT2D eigenvalue weighted by Gasteiger charge is 2.05. The summed E-state index contributed by atoms with van der Waals surface area (Å²) in [7, 11) is 0. The molecule has 0 amide bonds. The van der Waals surface area contributed by atoms with Crippen molar-refractivity contribution in [1.82, 2.24) is 0 Å². The average Bonchev–Trinajstić information content (AvgIpc) is 3.03. The van der Waals surface area contributed by atoms with E-state index in [0.29, 0.717) is 26.4 Å². The fourth-order valence-electron chi connectivity index (χ4n) is 4.54. The van der Waals surface area contributed by atoms with Crippen LogP contribution in [-0.4, -0.2) is 26.4 Å². The first-order valence-electron chi connectivity index (χ1n) is 14.8. The van der Waals surface area contributed by atoms with E-state index in [2.05, 4.69) is 23.7 Å². The van der Waals surface area contributed by atoms with Crippen LogP contribution < -0.4 is 18.9 Å². The largest absolute Gasteiger partial charge is 0.492 e. The van der Waals surface area contributed by atoms with Gasteiger partial charge in [0, 0.05) is 0 Å². The van der Waals surface area contributed by atoms with Gasteiger partial charge in [0.1, 0.15) is 23.0 Å². The predicted octanol–water partition coefficient (Wildman–Crippen LogP) is 8.06. The molecule has 0 aromatic heterocycles. The van der Waals surface area contributed by atoms with Crippen molar-refractivity contribution in [3.8, 4) is 46.7 Å². The summed E-state index contributed by atoms with van der Waals surface area (Å²) in [6.07, 6.45) is 5.72. The number of benzene rings is 4. The number of hydrogen-bond acceptors (Lipinski definition) is 4. The van der Waals surface area contributed by atoms with Crippen molar-refractivity contribution < 1.29 is 18.9 Å². The van der Waals surface area contributed by atoms with E-state index in [0.717, 1.165) is 83.8 Å². The second kappa shape index (κ2) is 15.8. The monoisotopic (exact) mass is 556 g/mol. The lowest BCUT2D eigenvalue weighted by molar-refractivity contribution is 0.278. The van der Waals surface area contributed by atoms with Gasteiger partial charge < -0.3 is 18.9 Å². The van der Waals surface area contributed by atoms with Crippen molar-refractivity contribution >= 4 is 0 Å². The van der Waals surface area contributed by atoms with Crippen molar-refractivity contribution in [2.75, 3.05) is 26.4 Å². The summed E-state index contributed by atoms with van der Waals surface area (Å²) in [6, 6.07) is 31.8. The smallest absolute Gasteiger partial charge is 0.134 e. The first kappa shape index (κ1) is 28.7. The first-order chi connectivity index (χ1) is 20.9. The third kappa shape index (κ3) is 8.60. The minimum Gasteiger partial charge on any atom is -0.492 e. The van der Waals surface area contributed by atoms with E-state index in [1.54, 1.807) is 0 Å². The third-order valence-corrected chi connectivity index (χ3v) is 6.82. The maximum absolute atomic E-state index is 6.12. The summed E-state index contributed by atoms with van der Waals surface area (Å²) in [6.45, 7) is 2.51. The predicted molar refractivity (Wildman–Crippen MR) is 167 cm³/mol. The van der Waals surface area contributed by atoms with Crippen LogP contribution in [-0.2, 0) is 0 Å². The molecule has 4 nitrogen and oxygen atoms in total. The zero-order chi connectivity index (χ0) is 28.7. The summed E-state index contributed by atoms with van der Waals surface area (Å²) in [4.78, 5) is 0. The van der Waals surface area contributed by atoms with E-state index >= 15 is 0 Å². The number of para-hydroxylation sites is 4. The molecule has 0 unspecified atom stereocenters. The fourth-order valence-corrected chi connectivity index (χ4v) is 4.54. The normalized spacial score (nSPS) is 14.5. The highest BCUT2D eigenvalue weighted by Crippen LogP contribution is 2.22. The quantitative estimate of drug-likeness (QED) is 0.205. The molecule has 42 heavy (non-hydrogen) atoms. The molecule has 0 fully saturated rings. The Bertz CT molecular complexity index is 1340. The lowest BCUT2D eigenvalue weighted by atomic mass is 10.1. The summed E-state index contributed by atoms with van der Waals surface area (Å²) in [5.74, 6) is 16.4. The second-order valence-electron chi connectivity index (χ2n) is 10.00. The van der Waals surface area contributed by atoms with Crippen LogP contribution in [0.3, 0.4) is 0 Å². The van der Waals surface area contributed by atoms with Crippen LogP contribution in [0, 0.1) is 23.7 Å². The van der Waals surface area contributed by atoms with Crippen molar-refractivity contribution in [2.45, 2.75) is 38.5 Å². The van der Waals surface area contributed by atoms with Gasteiger partial charge in [0.05, 0.1) is 48.7 Å². The van der Waals surface area contributed by atoms with Crippen molar-refractivity contribution in [3.63, 3.8) is 0 Å². The minimum atomic E-state index is 0.627. The zero-order valence-electron chi connectivity index (χ0n) is 23.9. The molecule has 1 aliphatic heterocycles. The summed E-state index contributed by atoms with van der Waals surface area (Å²) in [5, 5.41) is 0. The van der Waals surface area contributed by atoms with Gasteiger partial charge in [-0.1, -0.05) is 72.2 Å².